The van der Waals surface area contributed by atoms with Crippen LogP contribution in [0.15, 0.2) is 6.20 Å². The first-order valence-electron chi connectivity index (χ1n) is 12.0. The van der Waals surface area contributed by atoms with Crippen LogP contribution in [-0.2, 0) is 4.74 Å². The van der Waals surface area contributed by atoms with Gasteiger partial charge in [0.05, 0.1) is 17.5 Å². The van der Waals surface area contributed by atoms with Crippen molar-refractivity contribution in [2.45, 2.75) is 70.7 Å². The number of likely N-dealkylation sites (tertiary alicyclic amines) is 2. The standard InChI is InChI=1S/C24H34ClFN6O3/c1-14-17(9-11-32(14)23(33)35-24(2,3)4)31(6)21-16-12-27-20(25)18(26)19(16)28-22(29-21)34-13-15-8-7-10-30(15)5/h12,14-15,17H,7-11,13H2,1-6H3/t14-,15+,17-/m1/s1. The summed E-state index contributed by atoms with van der Waals surface area (Å²) in [5, 5.41) is 0.180. The molecule has 35 heavy (non-hydrogen) atoms. The van der Waals surface area contributed by atoms with Gasteiger partial charge in [-0.05, 0) is 60.5 Å². The summed E-state index contributed by atoms with van der Waals surface area (Å²) in [6.45, 7) is 9.50. The summed E-state index contributed by atoms with van der Waals surface area (Å²) >= 11 is 5.96. The Kier molecular flexibility index (Phi) is 7.24. The predicted molar refractivity (Wildman–Crippen MR) is 133 cm³/mol. The van der Waals surface area contributed by atoms with Crippen molar-refractivity contribution in [2.75, 3.05) is 38.7 Å². The summed E-state index contributed by atoms with van der Waals surface area (Å²) in [6, 6.07) is 0.128. The normalized spacial score (nSPS) is 23.2. The molecule has 0 radical (unpaired) electrons. The zero-order chi connectivity index (χ0) is 25.5. The molecule has 0 aliphatic carbocycles. The molecule has 0 aromatic carbocycles. The first-order valence-corrected chi connectivity index (χ1v) is 12.4. The van der Waals surface area contributed by atoms with Crippen molar-refractivity contribution < 1.29 is 18.7 Å². The van der Waals surface area contributed by atoms with Crippen LogP contribution in [0, 0.1) is 5.82 Å². The topological polar surface area (TPSA) is 83.9 Å². The largest absolute Gasteiger partial charge is 0.462 e. The van der Waals surface area contributed by atoms with Crippen LogP contribution in [0.4, 0.5) is 15.0 Å². The van der Waals surface area contributed by atoms with Crippen LogP contribution in [0.2, 0.25) is 5.15 Å². The Bertz CT molecular complexity index is 1100. The number of pyridine rings is 1. The van der Waals surface area contributed by atoms with E-state index in [0.29, 0.717) is 30.8 Å². The number of hydrogen-bond acceptors (Lipinski definition) is 8. The molecule has 0 spiro atoms. The number of nitrogens with zero attached hydrogens (tertiary/aromatic N) is 6. The number of ether oxygens (including phenoxy) is 2. The first-order chi connectivity index (χ1) is 16.5. The third-order valence-electron chi connectivity index (χ3n) is 6.85. The van der Waals surface area contributed by atoms with Gasteiger partial charge in [0.25, 0.3) is 0 Å². The number of carbonyl (C=O) groups excluding carboxylic acids is 1. The second-order valence-corrected chi connectivity index (χ2v) is 10.8. The fourth-order valence-electron chi connectivity index (χ4n) is 4.87. The predicted octanol–water partition coefficient (Wildman–Crippen LogP) is 4.12. The maximum atomic E-state index is 15.0. The number of anilines is 1. The molecular formula is C24H34ClFN6O3. The summed E-state index contributed by atoms with van der Waals surface area (Å²) in [5.74, 6) is -0.227. The van der Waals surface area contributed by atoms with Crippen LogP contribution in [-0.4, -0.2) is 88.4 Å². The fraction of sp³-hybridized carbons (Fsp3) is 0.667. The molecule has 0 unspecified atom stereocenters. The molecule has 4 heterocycles. The molecule has 0 bridgehead atoms. The smallest absolute Gasteiger partial charge is 0.410 e. The van der Waals surface area contributed by atoms with Crippen molar-refractivity contribution in [2.24, 2.45) is 0 Å². The third kappa shape index (κ3) is 5.38. The maximum absolute atomic E-state index is 15.0. The Hall–Kier alpha value is -2.46. The van der Waals surface area contributed by atoms with Crippen LogP contribution < -0.4 is 9.64 Å². The van der Waals surface area contributed by atoms with E-state index in [-0.39, 0.29) is 40.9 Å². The van der Waals surface area contributed by atoms with Gasteiger partial charge in [0.2, 0.25) is 0 Å². The van der Waals surface area contributed by atoms with Crippen LogP contribution >= 0.6 is 11.6 Å². The van der Waals surface area contributed by atoms with Gasteiger partial charge in [0.15, 0.2) is 11.0 Å². The van der Waals surface area contributed by atoms with Crippen molar-refractivity contribution >= 4 is 34.4 Å². The van der Waals surface area contributed by atoms with E-state index in [1.54, 1.807) is 4.90 Å². The van der Waals surface area contributed by atoms with Crippen molar-refractivity contribution in [1.29, 1.82) is 0 Å². The molecule has 192 valence electrons. The zero-order valence-electron chi connectivity index (χ0n) is 21.2. The van der Waals surface area contributed by atoms with Gasteiger partial charge >= 0.3 is 12.1 Å². The highest BCUT2D eigenvalue weighted by atomic mass is 35.5. The maximum Gasteiger partial charge on any atom is 0.410 e. The lowest BCUT2D eigenvalue weighted by molar-refractivity contribution is 0.0233. The minimum atomic E-state index is -0.709. The van der Waals surface area contributed by atoms with Crippen LogP contribution in [0.3, 0.4) is 0 Å². The van der Waals surface area contributed by atoms with Gasteiger partial charge in [-0.15, -0.1) is 0 Å². The Labute approximate surface area is 210 Å². The van der Waals surface area contributed by atoms with Crippen molar-refractivity contribution in [3.8, 4) is 6.01 Å². The summed E-state index contributed by atoms with van der Waals surface area (Å²) in [6.07, 6.45) is 3.97. The third-order valence-corrected chi connectivity index (χ3v) is 7.11. The molecule has 0 saturated carbocycles. The number of aromatic nitrogens is 3. The second-order valence-electron chi connectivity index (χ2n) is 10.4. The van der Waals surface area contributed by atoms with E-state index < -0.39 is 11.4 Å². The molecule has 2 fully saturated rings. The van der Waals surface area contributed by atoms with Crippen LogP contribution in [0.5, 0.6) is 6.01 Å². The highest BCUT2D eigenvalue weighted by molar-refractivity contribution is 6.30. The van der Waals surface area contributed by atoms with Crippen LogP contribution in [0.25, 0.3) is 10.9 Å². The highest BCUT2D eigenvalue weighted by Crippen LogP contribution is 2.34. The van der Waals surface area contributed by atoms with Gasteiger partial charge in [-0.1, -0.05) is 11.6 Å². The number of hydrogen-bond donors (Lipinski definition) is 0. The van der Waals surface area contributed by atoms with Gasteiger partial charge in [-0.3, -0.25) is 0 Å². The Morgan fingerprint density at radius 3 is 2.69 bits per heavy atom. The molecule has 9 nitrogen and oxygen atoms in total. The van der Waals surface area contributed by atoms with Gasteiger partial charge in [-0.2, -0.15) is 9.97 Å². The van der Waals surface area contributed by atoms with Crippen molar-refractivity contribution in [3.63, 3.8) is 0 Å². The van der Waals surface area contributed by atoms with Crippen molar-refractivity contribution in [3.05, 3.63) is 17.2 Å². The molecule has 2 aromatic rings. The van der Waals surface area contributed by atoms with Crippen molar-refractivity contribution in [1.82, 2.24) is 24.8 Å². The summed E-state index contributed by atoms with van der Waals surface area (Å²) in [7, 11) is 3.94. The Balaban J connectivity index is 1.63. The second kappa shape index (κ2) is 9.89. The molecule has 2 aliphatic rings. The lowest BCUT2D eigenvalue weighted by atomic mass is 10.1. The number of carbonyl (C=O) groups is 1. The molecule has 2 aromatic heterocycles. The van der Waals surface area contributed by atoms with E-state index in [2.05, 4.69) is 26.9 Å². The summed E-state index contributed by atoms with van der Waals surface area (Å²) in [4.78, 5) is 31.6. The Morgan fingerprint density at radius 2 is 2.03 bits per heavy atom. The molecular weight excluding hydrogens is 475 g/mol. The lowest BCUT2D eigenvalue weighted by Crippen LogP contribution is -2.45. The average molecular weight is 509 g/mol. The van der Waals surface area contributed by atoms with E-state index in [1.165, 1.54) is 6.20 Å². The molecule has 1 amide bonds. The lowest BCUT2D eigenvalue weighted by Gasteiger charge is -2.33. The van der Waals surface area contributed by atoms with E-state index in [9.17, 15) is 9.18 Å². The first kappa shape index (κ1) is 25.6. The van der Waals surface area contributed by atoms with Crippen LogP contribution in [0.1, 0.15) is 47.0 Å². The number of amides is 1. The zero-order valence-corrected chi connectivity index (χ0v) is 22.0. The van der Waals surface area contributed by atoms with E-state index in [1.807, 2.05) is 39.6 Å². The van der Waals surface area contributed by atoms with Gasteiger partial charge < -0.3 is 24.2 Å². The molecule has 0 N–H and O–H groups in total. The average Bonchev–Trinajstić information content (AvgIpc) is 3.38. The van der Waals surface area contributed by atoms with Gasteiger partial charge in [0, 0.05) is 25.8 Å². The molecule has 11 heteroatoms. The monoisotopic (exact) mass is 508 g/mol. The molecule has 2 aliphatic heterocycles. The minimum absolute atomic E-state index is 0.0614. The minimum Gasteiger partial charge on any atom is -0.462 e. The van der Waals surface area contributed by atoms with E-state index >= 15 is 0 Å². The summed E-state index contributed by atoms with van der Waals surface area (Å²) in [5.41, 5.74) is -0.516. The van der Waals surface area contributed by atoms with Gasteiger partial charge in [-0.25, -0.2) is 14.2 Å². The fourth-order valence-corrected chi connectivity index (χ4v) is 5.01. The summed E-state index contributed by atoms with van der Waals surface area (Å²) < 4.78 is 26.5. The number of likely N-dealkylation sites (N-methyl/N-ethyl adjacent to an activating group) is 2. The van der Waals surface area contributed by atoms with E-state index in [4.69, 9.17) is 21.1 Å². The number of rotatable bonds is 5. The number of halogens is 2. The highest BCUT2D eigenvalue weighted by Gasteiger charge is 2.39. The molecule has 4 rings (SSSR count). The van der Waals surface area contributed by atoms with E-state index in [0.717, 1.165) is 19.4 Å². The number of fused-ring (bicyclic) bond motifs is 1. The molecule has 3 atom stereocenters. The quantitative estimate of drug-likeness (QED) is 0.557. The molecule has 2 saturated heterocycles. The Morgan fingerprint density at radius 1 is 1.29 bits per heavy atom. The van der Waals surface area contributed by atoms with Gasteiger partial charge in [0.1, 0.15) is 23.5 Å². The SMILES string of the molecule is C[C@@H]1[C@H](N(C)c2nc(OC[C@@H]3CCCN3C)nc3c(F)c(Cl)ncc23)CCN1C(=O)OC(C)(C)C.